The molecule has 1 aliphatic rings. The molecular formula is C7H13NO3S. The van der Waals surface area contributed by atoms with Crippen LogP contribution in [0.1, 0.15) is 12.8 Å². The third-order valence-electron chi connectivity index (χ3n) is 2.21. The molecule has 0 spiro atoms. The minimum Gasteiger partial charge on any atom is -0.381 e. The molecule has 0 aromatic carbocycles. The average molecular weight is 191 g/mol. The summed E-state index contributed by atoms with van der Waals surface area (Å²) < 4.78 is 4.67. The lowest BCUT2D eigenvalue weighted by Gasteiger charge is -2.32. The second kappa shape index (κ2) is 4.11. The van der Waals surface area contributed by atoms with Gasteiger partial charge in [0.1, 0.15) is 4.75 Å². The van der Waals surface area contributed by atoms with E-state index < -0.39 is 4.75 Å². The number of hydrogen-bond acceptors (Lipinski definition) is 4. The third-order valence-corrected chi connectivity index (χ3v) is 3.58. The fourth-order valence-corrected chi connectivity index (χ4v) is 2.13. The summed E-state index contributed by atoms with van der Waals surface area (Å²) in [6.07, 6.45) is 3.21. The zero-order valence-electron chi connectivity index (χ0n) is 7.00. The van der Waals surface area contributed by atoms with Crippen molar-refractivity contribution in [3.63, 3.8) is 0 Å². The summed E-state index contributed by atoms with van der Waals surface area (Å²) >= 11 is 1.47. The number of amides is 1. The fourth-order valence-electron chi connectivity index (χ4n) is 1.33. The maximum atomic E-state index is 11.3. The van der Waals surface area contributed by atoms with Gasteiger partial charge in [0.2, 0.25) is 0 Å². The highest BCUT2D eigenvalue weighted by Crippen LogP contribution is 2.33. The van der Waals surface area contributed by atoms with Crippen molar-refractivity contribution in [2.45, 2.75) is 17.6 Å². The Kier molecular flexibility index (Phi) is 3.37. The van der Waals surface area contributed by atoms with Gasteiger partial charge in [0.25, 0.3) is 5.91 Å². The Bertz CT molecular complexity index is 168. The zero-order chi connectivity index (χ0) is 9.03. The first-order chi connectivity index (χ1) is 5.75. The minimum atomic E-state index is -0.479. The Morgan fingerprint density at radius 1 is 1.58 bits per heavy atom. The van der Waals surface area contributed by atoms with Gasteiger partial charge >= 0.3 is 0 Å². The standard InChI is InChI=1S/C7H13NO3S/c1-12-7(6(9)8-10)2-4-11-5-3-7/h10H,2-5H2,1H3,(H,8,9). The Morgan fingerprint density at radius 2 is 2.17 bits per heavy atom. The highest BCUT2D eigenvalue weighted by Gasteiger charge is 2.39. The lowest BCUT2D eigenvalue weighted by molar-refractivity contribution is -0.134. The second-order valence-electron chi connectivity index (χ2n) is 2.75. The fraction of sp³-hybridized carbons (Fsp3) is 0.857. The van der Waals surface area contributed by atoms with Crippen LogP contribution in [-0.4, -0.2) is 35.3 Å². The minimum absolute atomic E-state index is 0.307. The molecule has 1 fully saturated rings. The maximum Gasteiger partial charge on any atom is 0.259 e. The smallest absolute Gasteiger partial charge is 0.259 e. The molecule has 12 heavy (non-hydrogen) atoms. The van der Waals surface area contributed by atoms with E-state index in [4.69, 9.17) is 9.94 Å². The molecule has 0 aromatic rings. The summed E-state index contributed by atoms with van der Waals surface area (Å²) in [5.41, 5.74) is 1.71. The second-order valence-corrected chi connectivity index (χ2v) is 3.94. The molecule has 1 aliphatic heterocycles. The molecular weight excluding hydrogens is 178 g/mol. The first-order valence-electron chi connectivity index (χ1n) is 3.82. The van der Waals surface area contributed by atoms with Gasteiger partial charge in [-0.05, 0) is 19.1 Å². The van der Waals surface area contributed by atoms with Gasteiger partial charge in [-0.1, -0.05) is 0 Å². The monoisotopic (exact) mass is 191 g/mol. The Hall–Kier alpha value is -0.260. The van der Waals surface area contributed by atoms with Crippen molar-refractivity contribution < 1.29 is 14.7 Å². The van der Waals surface area contributed by atoms with E-state index in [9.17, 15) is 4.79 Å². The van der Waals surface area contributed by atoms with Gasteiger partial charge in [0.15, 0.2) is 0 Å². The number of thioether (sulfide) groups is 1. The summed E-state index contributed by atoms with van der Waals surface area (Å²) in [4.78, 5) is 11.3. The van der Waals surface area contributed by atoms with Gasteiger partial charge < -0.3 is 4.74 Å². The summed E-state index contributed by atoms with van der Waals surface area (Å²) in [5, 5.41) is 8.53. The molecule has 1 heterocycles. The molecule has 0 atom stereocenters. The molecule has 70 valence electrons. The molecule has 1 amide bonds. The van der Waals surface area contributed by atoms with E-state index in [1.54, 1.807) is 5.48 Å². The summed E-state index contributed by atoms with van der Waals surface area (Å²) in [6.45, 7) is 1.18. The van der Waals surface area contributed by atoms with Crippen LogP contribution in [0.25, 0.3) is 0 Å². The molecule has 0 unspecified atom stereocenters. The van der Waals surface area contributed by atoms with Crippen molar-refractivity contribution in [3.8, 4) is 0 Å². The maximum absolute atomic E-state index is 11.3. The van der Waals surface area contributed by atoms with E-state index in [2.05, 4.69) is 0 Å². The van der Waals surface area contributed by atoms with Gasteiger partial charge in [0.05, 0.1) is 0 Å². The van der Waals surface area contributed by atoms with E-state index in [1.165, 1.54) is 11.8 Å². The SMILES string of the molecule is CSC1(C(=O)NO)CCOCC1. The van der Waals surface area contributed by atoms with Crippen LogP contribution in [-0.2, 0) is 9.53 Å². The van der Waals surface area contributed by atoms with Crippen molar-refractivity contribution in [2.24, 2.45) is 0 Å². The molecule has 0 aliphatic carbocycles. The van der Waals surface area contributed by atoms with Gasteiger partial charge in [-0.3, -0.25) is 10.0 Å². The van der Waals surface area contributed by atoms with Crippen LogP contribution < -0.4 is 5.48 Å². The third kappa shape index (κ3) is 1.73. The highest BCUT2D eigenvalue weighted by molar-refractivity contribution is 8.00. The van der Waals surface area contributed by atoms with Gasteiger partial charge in [0, 0.05) is 13.2 Å². The van der Waals surface area contributed by atoms with Crippen LogP contribution >= 0.6 is 11.8 Å². The quantitative estimate of drug-likeness (QED) is 0.490. The van der Waals surface area contributed by atoms with Gasteiger partial charge in [-0.25, -0.2) is 5.48 Å². The van der Waals surface area contributed by atoms with Crippen molar-refractivity contribution in [3.05, 3.63) is 0 Å². The molecule has 0 radical (unpaired) electrons. The number of hydrogen-bond donors (Lipinski definition) is 2. The lowest BCUT2D eigenvalue weighted by Crippen LogP contribution is -2.46. The number of carbonyl (C=O) groups is 1. The van der Waals surface area contributed by atoms with Crippen molar-refractivity contribution in [1.29, 1.82) is 0 Å². The molecule has 4 nitrogen and oxygen atoms in total. The van der Waals surface area contributed by atoms with E-state index in [0.29, 0.717) is 26.1 Å². The highest BCUT2D eigenvalue weighted by atomic mass is 32.2. The van der Waals surface area contributed by atoms with Gasteiger partial charge in [-0.2, -0.15) is 0 Å². The number of hydroxylamine groups is 1. The Balaban J connectivity index is 2.66. The van der Waals surface area contributed by atoms with Crippen molar-refractivity contribution in [1.82, 2.24) is 5.48 Å². The first-order valence-corrected chi connectivity index (χ1v) is 5.05. The summed E-state index contributed by atoms with van der Waals surface area (Å²) in [7, 11) is 0. The van der Waals surface area contributed by atoms with Crippen LogP contribution in [0.3, 0.4) is 0 Å². The molecule has 0 aromatic heterocycles. The molecule has 1 rings (SSSR count). The van der Waals surface area contributed by atoms with Crippen LogP contribution in [0, 0.1) is 0 Å². The molecule has 0 saturated carbocycles. The number of ether oxygens (including phenoxy) is 1. The van der Waals surface area contributed by atoms with Crippen LogP contribution in [0.5, 0.6) is 0 Å². The topological polar surface area (TPSA) is 58.6 Å². The molecule has 2 N–H and O–H groups in total. The van der Waals surface area contributed by atoms with Crippen molar-refractivity contribution >= 4 is 17.7 Å². The predicted molar refractivity (Wildman–Crippen MR) is 46.2 cm³/mol. The van der Waals surface area contributed by atoms with E-state index in [1.807, 2.05) is 6.26 Å². The molecule has 5 heteroatoms. The lowest BCUT2D eigenvalue weighted by atomic mass is 9.98. The zero-order valence-corrected chi connectivity index (χ0v) is 7.82. The Morgan fingerprint density at radius 3 is 2.58 bits per heavy atom. The number of rotatable bonds is 2. The number of nitrogens with one attached hydrogen (secondary N) is 1. The predicted octanol–water partition coefficient (Wildman–Crippen LogP) is 0.404. The van der Waals surface area contributed by atoms with E-state index in [-0.39, 0.29) is 5.91 Å². The number of carbonyl (C=O) groups excluding carboxylic acids is 1. The summed E-state index contributed by atoms with van der Waals surface area (Å²) in [6, 6.07) is 0. The Labute approximate surface area is 75.6 Å². The summed E-state index contributed by atoms with van der Waals surface area (Å²) in [5.74, 6) is -0.307. The average Bonchev–Trinajstić information content (AvgIpc) is 2.17. The van der Waals surface area contributed by atoms with Crippen molar-refractivity contribution in [2.75, 3.05) is 19.5 Å². The van der Waals surface area contributed by atoms with Crippen LogP contribution in [0.15, 0.2) is 0 Å². The molecule has 1 saturated heterocycles. The molecule has 0 bridgehead atoms. The van der Waals surface area contributed by atoms with E-state index in [0.717, 1.165) is 0 Å². The van der Waals surface area contributed by atoms with Gasteiger partial charge in [-0.15, -0.1) is 11.8 Å². The largest absolute Gasteiger partial charge is 0.381 e. The van der Waals surface area contributed by atoms with E-state index >= 15 is 0 Å². The van der Waals surface area contributed by atoms with Crippen LogP contribution in [0.4, 0.5) is 0 Å². The van der Waals surface area contributed by atoms with Crippen LogP contribution in [0.2, 0.25) is 0 Å². The first kappa shape index (κ1) is 9.83. The normalized spacial score (nSPS) is 21.8.